The lowest BCUT2D eigenvalue weighted by atomic mass is 10.1. The number of hydrogen-bond donors (Lipinski definition) is 3. The molecule has 1 aromatic rings. The lowest BCUT2D eigenvalue weighted by Gasteiger charge is -2.11. The van der Waals surface area contributed by atoms with Crippen molar-refractivity contribution in [2.45, 2.75) is 18.9 Å². The predicted molar refractivity (Wildman–Crippen MR) is 65.6 cm³/mol. The molecule has 1 heterocycles. The van der Waals surface area contributed by atoms with Crippen LogP contribution in [0.2, 0.25) is 0 Å². The molecular weight excluding hydrogens is 256 g/mol. The molecule has 0 aliphatic heterocycles. The largest absolute Gasteiger partial charge is 0.480 e. The Bertz CT molecular complexity index is 505. The summed E-state index contributed by atoms with van der Waals surface area (Å²) < 4.78 is 0. The molecule has 9 heteroatoms. The minimum atomic E-state index is -1.18. The monoisotopic (exact) mass is 268 g/mol. The normalized spacial score (nSPS) is 11.6. The maximum absolute atomic E-state index is 10.9. The molecule has 0 aromatic carbocycles. The number of aromatic nitrogens is 1. The molecule has 9 nitrogen and oxygen atoms in total. The number of nitrogens with two attached hydrogens (primary N) is 1. The van der Waals surface area contributed by atoms with Gasteiger partial charge in [-0.05, 0) is 22.4 Å². The van der Waals surface area contributed by atoms with Crippen molar-refractivity contribution in [2.75, 3.05) is 11.1 Å². The van der Waals surface area contributed by atoms with E-state index in [4.69, 9.17) is 10.8 Å². The number of aldehydes is 1. The van der Waals surface area contributed by atoms with Gasteiger partial charge in [-0.15, -0.1) is 0 Å². The van der Waals surface area contributed by atoms with Crippen LogP contribution >= 0.6 is 0 Å². The van der Waals surface area contributed by atoms with E-state index in [-0.39, 0.29) is 24.3 Å². The number of carboxylic acids is 1. The summed E-state index contributed by atoms with van der Waals surface area (Å²) in [5, 5.41) is 22.1. The number of aliphatic carboxylic acids is 1. The smallest absolute Gasteiger partial charge is 0.388 e. The van der Waals surface area contributed by atoms with Crippen molar-refractivity contribution in [2.24, 2.45) is 0 Å². The second-order valence-electron chi connectivity index (χ2n) is 3.65. The average Bonchev–Trinajstić information content (AvgIpc) is 2.35. The van der Waals surface area contributed by atoms with Crippen LogP contribution in [0.15, 0.2) is 12.1 Å². The van der Waals surface area contributed by atoms with Crippen molar-refractivity contribution in [1.29, 1.82) is 0 Å². The first-order chi connectivity index (χ1) is 8.95. The standard InChI is InChI=1S/C10H12N4O5/c11-6-3-4-8(13-9(6)14(18)19)12-7(10(16)17)2-1-5-15/h3-5,7H,1-2,11H2,(H,12,13)(H,16,17). The topological polar surface area (TPSA) is 148 Å². The molecule has 19 heavy (non-hydrogen) atoms. The number of carboxylic acid groups (broad SMARTS) is 1. The lowest BCUT2D eigenvalue weighted by molar-refractivity contribution is -0.388. The van der Waals surface area contributed by atoms with E-state index in [0.29, 0.717) is 6.29 Å². The zero-order valence-electron chi connectivity index (χ0n) is 9.78. The highest BCUT2D eigenvalue weighted by molar-refractivity contribution is 5.77. The number of anilines is 2. The molecule has 0 radical (unpaired) electrons. The third-order valence-electron chi connectivity index (χ3n) is 2.27. The van der Waals surface area contributed by atoms with Crippen molar-refractivity contribution in [3.05, 3.63) is 22.2 Å². The highest BCUT2D eigenvalue weighted by Gasteiger charge is 2.21. The van der Waals surface area contributed by atoms with Gasteiger partial charge in [-0.2, -0.15) is 0 Å². The van der Waals surface area contributed by atoms with Crippen molar-refractivity contribution < 1.29 is 19.6 Å². The number of rotatable bonds is 7. The molecule has 0 spiro atoms. The Morgan fingerprint density at radius 2 is 2.32 bits per heavy atom. The highest BCUT2D eigenvalue weighted by Crippen LogP contribution is 2.21. The molecule has 1 aromatic heterocycles. The molecule has 1 rings (SSSR count). The first-order valence-electron chi connectivity index (χ1n) is 5.29. The summed E-state index contributed by atoms with van der Waals surface area (Å²) in [5.74, 6) is -1.72. The van der Waals surface area contributed by atoms with Gasteiger partial charge in [-0.3, -0.25) is 0 Å². The number of nitrogen functional groups attached to an aromatic ring is 1. The van der Waals surface area contributed by atoms with Gasteiger partial charge in [0.05, 0.1) is 0 Å². The number of pyridine rings is 1. The van der Waals surface area contributed by atoms with Gasteiger partial charge in [0.15, 0.2) is 0 Å². The molecule has 0 saturated carbocycles. The van der Waals surface area contributed by atoms with E-state index in [9.17, 15) is 19.7 Å². The molecular formula is C10H12N4O5. The Morgan fingerprint density at radius 1 is 1.63 bits per heavy atom. The van der Waals surface area contributed by atoms with Crippen LogP contribution in [-0.2, 0) is 9.59 Å². The number of nitrogens with zero attached hydrogens (tertiary/aromatic N) is 2. The van der Waals surface area contributed by atoms with E-state index < -0.39 is 22.8 Å². The highest BCUT2D eigenvalue weighted by atomic mass is 16.6. The quantitative estimate of drug-likeness (QED) is 0.366. The Labute approximate surface area is 107 Å². The molecule has 1 atom stereocenters. The molecule has 0 aliphatic rings. The summed E-state index contributed by atoms with van der Waals surface area (Å²) in [6, 6.07) is 1.53. The summed E-state index contributed by atoms with van der Waals surface area (Å²) in [5.41, 5.74) is 5.25. The maximum atomic E-state index is 10.9. The Kier molecular flexibility index (Phi) is 4.75. The van der Waals surface area contributed by atoms with Crippen LogP contribution in [0, 0.1) is 10.1 Å². The van der Waals surface area contributed by atoms with Crippen LogP contribution in [0.3, 0.4) is 0 Å². The Balaban J connectivity index is 2.90. The van der Waals surface area contributed by atoms with Gasteiger partial charge >= 0.3 is 11.8 Å². The fraction of sp³-hybridized carbons (Fsp3) is 0.300. The van der Waals surface area contributed by atoms with Crippen LogP contribution in [0.25, 0.3) is 0 Å². The third-order valence-corrected chi connectivity index (χ3v) is 2.27. The van der Waals surface area contributed by atoms with Gasteiger partial charge in [-0.25, -0.2) is 4.79 Å². The fourth-order valence-corrected chi connectivity index (χ4v) is 1.36. The van der Waals surface area contributed by atoms with E-state index in [1.807, 2.05) is 0 Å². The van der Waals surface area contributed by atoms with Crippen LogP contribution in [-0.4, -0.2) is 33.3 Å². The van der Waals surface area contributed by atoms with E-state index in [1.165, 1.54) is 12.1 Å². The zero-order chi connectivity index (χ0) is 14.4. The summed E-state index contributed by atoms with van der Waals surface area (Å²) in [7, 11) is 0. The fourth-order valence-electron chi connectivity index (χ4n) is 1.36. The van der Waals surface area contributed by atoms with Crippen molar-refractivity contribution >= 4 is 29.6 Å². The van der Waals surface area contributed by atoms with E-state index in [0.717, 1.165) is 0 Å². The number of carbonyl (C=O) groups excluding carboxylic acids is 1. The molecule has 1 unspecified atom stereocenters. The van der Waals surface area contributed by atoms with E-state index in [2.05, 4.69) is 10.3 Å². The SMILES string of the molecule is Nc1ccc(NC(CCC=O)C(=O)O)nc1[N+](=O)[O-]. The lowest BCUT2D eigenvalue weighted by Crippen LogP contribution is -2.29. The summed E-state index contributed by atoms with van der Waals surface area (Å²) in [6.45, 7) is 0. The molecule has 0 fully saturated rings. The van der Waals surface area contributed by atoms with Gasteiger partial charge < -0.3 is 31.1 Å². The van der Waals surface area contributed by atoms with Gasteiger partial charge in [0.2, 0.25) is 5.82 Å². The third kappa shape index (κ3) is 3.91. The number of hydrogen-bond acceptors (Lipinski definition) is 7. The molecule has 0 amide bonds. The Hall–Kier alpha value is -2.71. The number of carbonyl (C=O) groups is 2. The molecule has 0 saturated heterocycles. The number of nitro groups is 1. The number of nitrogens with one attached hydrogen (secondary N) is 1. The molecule has 0 aliphatic carbocycles. The minimum absolute atomic E-state index is 0.0131. The molecule has 4 N–H and O–H groups in total. The summed E-state index contributed by atoms with van der Waals surface area (Å²) in [6.07, 6.45) is 0.705. The average molecular weight is 268 g/mol. The minimum Gasteiger partial charge on any atom is -0.480 e. The van der Waals surface area contributed by atoms with Gasteiger partial charge in [0.1, 0.15) is 18.0 Å². The first-order valence-corrected chi connectivity index (χ1v) is 5.29. The van der Waals surface area contributed by atoms with Crippen LogP contribution in [0.5, 0.6) is 0 Å². The van der Waals surface area contributed by atoms with Gasteiger partial charge in [0.25, 0.3) is 0 Å². The van der Waals surface area contributed by atoms with Crippen molar-refractivity contribution in [3.8, 4) is 0 Å². The second-order valence-corrected chi connectivity index (χ2v) is 3.65. The second kappa shape index (κ2) is 6.28. The Morgan fingerprint density at radius 3 is 2.84 bits per heavy atom. The summed E-state index contributed by atoms with van der Waals surface area (Å²) in [4.78, 5) is 34.7. The van der Waals surface area contributed by atoms with E-state index >= 15 is 0 Å². The van der Waals surface area contributed by atoms with Crippen molar-refractivity contribution in [3.63, 3.8) is 0 Å². The molecule has 102 valence electrons. The van der Waals surface area contributed by atoms with Crippen LogP contribution < -0.4 is 11.1 Å². The van der Waals surface area contributed by atoms with Crippen LogP contribution in [0.4, 0.5) is 17.3 Å². The molecule has 0 bridgehead atoms. The maximum Gasteiger partial charge on any atom is 0.388 e. The van der Waals surface area contributed by atoms with Crippen molar-refractivity contribution in [1.82, 2.24) is 4.98 Å². The van der Waals surface area contributed by atoms with Crippen LogP contribution in [0.1, 0.15) is 12.8 Å². The summed E-state index contributed by atoms with van der Waals surface area (Å²) >= 11 is 0. The first kappa shape index (κ1) is 14.4. The van der Waals surface area contributed by atoms with E-state index in [1.54, 1.807) is 0 Å². The zero-order valence-corrected chi connectivity index (χ0v) is 9.78. The predicted octanol–water partition coefficient (Wildman–Crippen LogP) is 0.416. The van der Waals surface area contributed by atoms with Gasteiger partial charge in [0, 0.05) is 12.5 Å². The van der Waals surface area contributed by atoms with Gasteiger partial charge in [-0.1, -0.05) is 0 Å².